The summed E-state index contributed by atoms with van der Waals surface area (Å²) in [6.07, 6.45) is -7.10. The van der Waals surface area contributed by atoms with Gasteiger partial charge < -0.3 is 30.4 Å². The summed E-state index contributed by atoms with van der Waals surface area (Å²) < 4.78 is 0. The van der Waals surface area contributed by atoms with Crippen LogP contribution in [0.5, 0.6) is 0 Å². The minimum absolute atomic E-state index is 0.838. The van der Waals surface area contributed by atoms with Gasteiger partial charge in [-0.2, -0.15) is 0 Å². The normalized spacial score (nSPS) is 19.0. The fourth-order valence-corrected chi connectivity index (χ4v) is 0.870. The Labute approximate surface area is 84.3 Å². The molecule has 0 fully saturated rings. The number of aliphatic hydroxyl groups excluding tert-OH is 5. The number of hydrogen-bond donors (Lipinski definition) is 5. The molecule has 0 aromatic carbocycles. The monoisotopic (exact) mass is 227 g/mol. The highest BCUT2D eigenvalue weighted by Crippen LogP contribution is 2.08. The van der Waals surface area contributed by atoms with E-state index in [1.807, 2.05) is 0 Å². The summed E-state index contributed by atoms with van der Waals surface area (Å²) in [6, 6.07) is 0. The van der Waals surface area contributed by atoms with E-state index in [0.717, 1.165) is 0 Å². The highest BCUT2D eigenvalue weighted by Gasteiger charge is 2.33. The van der Waals surface area contributed by atoms with Crippen molar-refractivity contribution in [2.75, 3.05) is 13.2 Å². The molecule has 0 aliphatic carbocycles. The molecule has 4 atom stereocenters. The van der Waals surface area contributed by atoms with Crippen LogP contribution in [0, 0.1) is 10.1 Å². The maximum absolute atomic E-state index is 9.90. The molecule has 0 radical (unpaired) electrons. The SMILES string of the molecule is O=[N+]([O-])O[C@H](CO)[C@@H](O)[C@H](O)[C@H](O)CO. The summed E-state index contributed by atoms with van der Waals surface area (Å²) in [5, 5.41) is 52.9. The highest BCUT2D eigenvalue weighted by atomic mass is 17.0. The molecule has 0 unspecified atom stereocenters. The van der Waals surface area contributed by atoms with Crippen molar-refractivity contribution in [2.24, 2.45) is 0 Å². The van der Waals surface area contributed by atoms with Crippen LogP contribution in [0.25, 0.3) is 0 Å². The summed E-state index contributed by atoms with van der Waals surface area (Å²) in [6.45, 7) is -1.76. The lowest BCUT2D eigenvalue weighted by atomic mass is 10.0. The maximum Gasteiger partial charge on any atom is 0.294 e. The van der Waals surface area contributed by atoms with E-state index in [9.17, 15) is 15.2 Å². The van der Waals surface area contributed by atoms with Gasteiger partial charge in [-0.3, -0.25) is 0 Å². The quantitative estimate of drug-likeness (QED) is 0.223. The highest BCUT2D eigenvalue weighted by molar-refractivity contribution is 4.80. The molecule has 15 heavy (non-hydrogen) atoms. The molecule has 0 amide bonds. The molecule has 0 saturated carbocycles. The van der Waals surface area contributed by atoms with Crippen molar-refractivity contribution in [1.29, 1.82) is 0 Å². The van der Waals surface area contributed by atoms with E-state index in [4.69, 9.17) is 20.4 Å². The van der Waals surface area contributed by atoms with Gasteiger partial charge in [0.2, 0.25) is 0 Å². The Balaban J connectivity index is 4.35. The average molecular weight is 227 g/mol. The van der Waals surface area contributed by atoms with Gasteiger partial charge in [-0.1, -0.05) is 0 Å². The van der Waals surface area contributed by atoms with Crippen molar-refractivity contribution in [1.82, 2.24) is 0 Å². The van der Waals surface area contributed by atoms with E-state index in [1.54, 1.807) is 0 Å². The van der Waals surface area contributed by atoms with Crippen LogP contribution in [0.3, 0.4) is 0 Å². The Morgan fingerprint density at radius 3 is 2.00 bits per heavy atom. The fraction of sp³-hybridized carbons (Fsp3) is 1.00. The molecule has 0 saturated heterocycles. The predicted octanol–water partition coefficient (Wildman–Crippen LogP) is -3.37. The second kappa shape index (κ2) is 6.48. The summed E-state index contributed by atoms with van der Waals surface area (Å²) in [5.41, 5.74) is 0. The molecule has 0 aromatic heterocycles. The predicted molar refractivity (Wildman–Crippen MR) is 44.1 cm³/mol. The van der Waals surface area contributed by atoms with Gasteiger partial charge >= 0.3 is 0 Å². The summed E-state index contributed by atoms with van der Waals surface area (Å²) in [4.78, 5) is 13.7. The van der Waals surface area contributed by atoms with Crippen molar-refractivity contribution >= 4 is 0 Å². The number of hydrogen-bond acceptors (Lipinski definition) is 8. The third-order valence-corrected chi connectivity index (χ3v) is 1.71. The molecule has 90 valence electrons. The van der Waals surface area contributed by atoms with Crippen LogP contribution < -0.4 is 0 Å². The molecule has 0 spiro atoms. The minimum atomic E-state index is -1.89. The lowest BCUT2D eigenvalue weighted by Gasteiger charge is -2.25. The molecular formula is C6H13NO8. The number of aliphatic hydroxyl groups is 5. The van der Waals surface area contributed by atoms with Crippen molar-refractivity contribution in [3.05, 3.63) is 10.1 Å². The Bertz CT molecular complexity index is 200. The van der Waals surface area contributed by atoms with E-state index >= 15 is 0 Å². The molecule has 0 aliphatic rings. The first kappa shape index (κ1) is 14.0. The van der Waals surface area contributed by atoms with Gasteiger partial charge in [0.05, 0.1) is 13.2 Å². The third kappa shape index (κ3) is 4.36. The largest absolute Gasteiger partial charge is 0.394 e. The van der Waals surface area contributed by atoms with E-state index in [0.29, 0.717) is 0 Å². The van der Waals surface area contributed by atoms with Gasteiger partial charge in [-0.25, -0.2) is 0 Å². The first-order valence-electron chi connectivity index (χ1n) is 4.01. The van der Waals surface area contributed by atoms with Crippen LogP contribution in [0.2, 0.25) is 0 Å². The van der Waals surface area contributed by atoms with Crippen molar-refractivity contribution < 1.29 is 35.5 Å². The summed E-state index contributed by atoms with van der Waals surface area (Å²) in [7, 11) is 0. The van der Waals surface area contributed by atoms with Crippen LogP contribution in [0.1, 0.15) is 0 Å². The zero-order chi connectivity index (χ0) is 12.0. The van der Waals surface area contributed by atoms with Crippen molar-refractivity contribution in [3.8, 4) is 0 Å². The van der Waals surface area contributed by atoms with Crippen LogP contribution in [0.4, 0.5) is 0 Å². The van der Waals surface area contributed by atoms with Gasteiger partial charge in [-0.05, 0) is 0 Å². The molecule has 5 N–H and O–H groups in total. The Kier molecular flexibility index (Phi) is 6.05. The second-order valence-electron chi connectivity index (χ2n) is 2.78. The first-order chi connectivity index (χ1) is 6.93. The van der Waals surface area contributed by atoms with Gasteiger partial charge in [0.25, 0.3) is 5.09 Å². The minimum Gasteiger partial charge on any atom is -0.394 e. The van der Waals surface area contributed by atoms with E-state index in [2.05, 4.69) is 4.84 Å². The molecule has 9 nitrogen and oxygen atoms in total. The first-order valence-corrected chi connectivity index (χ1v) is 4.01. The topological polar surface area (TPSA) is 154 Å². The zero-order valence-electron chi connectivity index (χ0n) is 7.63. The maximum atomic E-state index is 9.90. The Hall–Kier alpha value is -1.00. The van der Waals surface area contributed by atoms with Gasteiger partial charge in [0.15, 0.2) is 6.10 Å². The molecule has 0 aromatic rings. The molecule has 0 bridgehead atoms. The van der Waals surface area contributed by atoms with Crippen molar-refractivity contribution in [3.63, 3.8) is 0 Å². The molecule has 9 heteroatoms. The number of rotatable bonds is 7. The molecule has 0 rings (SSSR count). The standard InChI is InChI=1S/C6H13NO8/c8-1-3(10)5(11)6(12)4(2-9)15-7(13)14/h3-6,8-12H,1-2H2/t3-,4-,5-,6-/m1/s1. The lowest BCUT2D eigenvalue weighted by molar-refractivity contribution is -0.771. The van der Waals surface area contributed by atoms with E-state index in [-0.39, 0.29) is 0 Å². The van der Waals surface area contributed by atoms with Gasteiger partial charge in [0, 0.05) is 0 Å². The van der Waals surface area contributed by atoms with Crippen LogP contribution in [-0.4, -0.2) is 68.2 Å². The number of nitrogens with zero attached hydrogens (tertiary/aromatic N) is 1. The molecular weight excluding hydrogens is 214 g/mol. The fourth-order valence-electron chi connectivity index (χ4n) is 0.870. The van der Waals surface area contributed by atoms with Crippen LogP contribution >= 0.6 is 0 Å². The Morgan fingerprint density at radius 2 is 1.67 bits per heavy atom. The Morgan fingerprint density at radius 1 is 1.13 bits per heavy atom. The van der Waals surface area contributed by atoms with Crippen molar-refractivity contribution in [2.45, 2.75) is 24.4 Å². The second-order valence-corrected chi connectivity index (χ2v) is 2.78. The zero-order valence-corrected chi connectivity index (χ0v) is 7.63. The molecule has 0 heterocycles. The van der Waals surface area contributed by atoms with Crippen LogP contribution in [0.15, 0.2) is 0 Å². The van der Waals surface area contributed by atoms with E-state index < -0.39 is 42.7 Å². The lowest BCUT2D eigenvalue weighted by Crippen LogP contribution is -2.48. The summed E-state index contributed by atoms with van der Waals surface area (Å²) >= 11 is 0. The van der Waals surface area contributed by atoms with E-state index in [1.165, 1.54) is 0 Å². The average Bonchev–Trinajstić information content (AvgIpc) is 2.22. The summed E-state index contributed by atoms with van der Waals surface area (Å²) in [5.74, 6) is 0. The van der Waals surface area contributed by atoms with Crippen LogP contribution in [-0.2, 0) is 4.84 Å². The molecule has 0 aliphatic heterocycles. The third-order valence-electron chi connectivity index (χ3n) is 1.71. The van der Waals surface area contributed by atoms with Gasteiger partial charge in [-0.15, -0.1) is 10.1 Å². The smallest absolute Gasteiger partial charge is 0.294 e. The van der Waals surface area contributed by atoms with Gasteiger partial charge in [0.1, 0.15) is 18.3 Å².